The van der Waals surface area contributed by atoms with Crippen molar-refractivity contribution in [3.63, 3.8) is 0 Å². The quantitative estimate of drug-likeness (QED) is 0.672. The predicted molar refractivity (Wildman–Crippen MR) is 105 cm³/mol. The summed E-state index contributed by atoms with van der Waals surface area (Å²) in [6.07, 6.45) is 0. The molecule has 0 radical (unpaired) electrons. The third-order valence-electron chi connectivity index (χ3n) is 3.91. The number of hydrogen-bond acceptors (Lipinski definition) is 5. The number of nitrogens with one attached hydrogen (secondary N) is 1. The molecular weight excluding hydrogens is 360 g/mol. The van der Waals surface area contributed by atoms with Gasteiger partial charge in [-0.15, -0.1) is 0 Å². The smallest absolute Gasteiger partial charge is 0.344 e. The molecule has 7 nitrogen and oxygen atoms in total. The van der Waals surface area contributed by atoms with E-state index in [0.717, 1.165) is 0 Å². The van der Waals surface area contributed by atoms with Gasteiger partial charge < -0.3 is 19.7 Å². The van der Waals surface area contributed by atoms with Crippen LogP contribution < -0.4 is 10.1 Å². The number of hydrogen-bond donors (Lipinski definition) is 1. The first-order chi connectivity index (χ1) is 13.5. The molecule has 0 aliphatic carbocycles. The summed E-state index contributed by atoms with van der Waals surface area (Å²) in [5.74, 6) is -0.714. The Balaban J connectivity index is 1.81. The Kier molecular flexibility index (Phi) is 8.02. The van der Waals surface area contributed by atoms with E-state index in [4.69, 9.17) is 9.47 Å². The van der Waals surface area contributed by atoms with E-state index in [2.05, 4.69) is 5.32 Å². The molecule has 0 saturated heterocycles. The number of ether oxygens (including phenoxy) is 2. The van der Waals surface area contributed by atoms with Gasteiger partial charge in [0.15, 0.2) is 13.2 Å². The average molecular weight is 384 g/mol. The zero-order chi connectivity index (χ0) is 20.4. The summed E-state index contributed by atoms with van der Waals surface area (Å²) >= 11 is 0. The first-order valence-corrected chi connectivity index (χ1v) is 9.06. The lowest BCUT2D eigenvalue weighted by Gasteiger charge is -2.19. The van der Waals surface area contributed by atoms with Gasteiger partial charge in [-0.3, -0.25) is 9.59 Å². The van der Waals surface area contributed by atoms with Crippen LogP contribution in [0.2, 0.25) is 0 Å². The van der Waals surface area contributed by atoms with Crippen LogP contribution in [-0.4, -0.2) is 49.0 Å². The highest BCUT2D eigenvalue weighted by atomic mass is 16.6. The molecule has 0 heterocycles. The highest BCUT2D eigenvalue weighted by Gasteiger charge is 2.14. The van der Waals surface area contributed by atoms with Gasteiger partial charge in [0.1, 0.15) is 5.75 Å². The molecule has 148 valence electrons. The van der Waals surface area contributed by atoms with Crippen molar-refractivity contribution in [1.82, 2.24) is 4.90 Å². The van der Waals surface area contributed by atoms with Crippen LogP contribution in [-0.2, 0) is 14.3 Å². The Bertz CT molecular complexity index is 803. The number of carbonyl (C=O) groups is 3. The third-order valence-corrected chi connectivity index (χ3v) is 3.91. The molecule has 0 spiro atoms. The van der Waals surface area contributed by atoms with Crippen LogP contribution in [0.25, 0.3) is 0 Å². The van der Waals surface area contributed by atoms with Crippen LogP contribution in [0.5, 0.6) is 5.75 Å². The second-order valence-corrected chi connectivity index (χ2v) is 5.87. The highest BCUT2D eigenvalue weighted by molar-refractivity contribution is 5.97. The molecule has 2 rings (SSSR count). The predicted octanol–water partition coefficient (Wildman–Crippen LogP) is 2.73. The van der Waals surface area contributed by atoms with Crippen LogP contribution in [0.15, 0.2) is 54.6 Å². The van der Waals surface area contributed by atoms with Crippen LogP contribution in [0.3, 0.4) is 0 Å². The minimum Gasteiger partial charge on any atom is -0.482 e. The largest absolute Gasteiger partial charge is 0.482 e. The zero-order valence-corrected chi connectivity index (χ0v) is 16.0. The van der Waals surface area contributed by atoms with Crippen LogP contribution >= 0.6 is 0 Å². The van der Waals surface area contributed by atoms with Gasteiger partial charge in [-0.1, -0.05) is 24.3 Å². The average Bonchev–Trinajstić information content (AvgIpc) is 2.72. The number of carbonyl (C=O) groups excluding carboxylic acids is 3. The molecule has 28 heavy (non-hydrogen) atoms. The fraction of sp³-hybridized carbons (Fsp3) is 0.286. The molecule has 0 bridgehead atoms. The minimum atomic E-state index is -0.649. The molecule has 0 aliphatic heterocycles. The van der Waals surface area contributed by atoms with Crippen molar-refractivity contribution in [2.75, 3.05) is 31.6 Å². The Labute approximate surface area is 164 Å². The Morgan fingerprint density at radius 3 is 2.32 bits per heavy atom. The second-order valence-electron chi connectivity index (χ2n) is 5.87. The molecule has 0 aliphatic rings. The molecule has 0 fully saturated rings. The van der Waals surface area contributed by atoms with E-state index in [0.29, 0.717) is 30.1 Å². The maximum atomic E-state index is 12.4. The van der Waals surface area contributed by atoms with Gasteiger partial charge in [-0.2, -0.15) is 0 Å². The van der Waals surface area contributed by atoms with Crippen molar-refractivity contribution in [3.8, 4) is 5.75 Å². The Hall–Kier alpha value is -3.35. The Morgan fingerprint density at radius 2 is 1.64 bits per heavy atom. The SMILES string of the molecule is CCN(CC)C(=O)c1cccc(NC(=O)COC(=O)COc2ccccc2)c1. The molecule has 2 aromatic rings. The monoisotopic (exact) mass is 384 g/mol. The Morgan fingerprint density at radius 1 is 0.929 bits per heavy atom. The van der Waals surface area contributed by atoms with Gasteiger partial charge in [0.05, 0.1) is 0 Å². The minimum absolute atomic E-state index is 0.106. The summed E-state index contributed by atoms with van der Waals surface area (Å²) in [6, 6.07) is 15.5. The van der Waals surface area contributed by atoms with E-state index in [-0.39, 0.29) is 12.5 Å². The van der Waals surface area contributed by atoms with Crippen molar-refractivity contribution in [1.29, 1.82) is 0 Å². The number of amides is 2. The first kappa shape index (κ1) is 21.0. The van der Waals surface area contributed by atoms with Gasteiger partial charge >= 0.3 is 5.97 Å². The van der Waals surface area contributed by atoms with Gasteiger partial charge in [0.25, 0.3) is 11.8 Å². The molecule has 2 amide bonds. The van der Waals surface area contributed by atoms with Gasteiger partial charge in [0.2, 0.25) is 0 Å². The summed E-state index contributed by atoms with van der Waals surface area (Å²) in [5.41, 5.74) is 0.939. The molecule has 7 heteroatoms. The molecule has 0 atom stereocenters. The van der Waals surface area contributed by atoms with Crippen LogP contribution in [0.1, 0.15) is 24.2 Å². The summed E-state index contributed by atoms with van der Waals surface area (Å²) in [6.45, 7) is 4.29. The summed E-state index contributed by atoms with van der Waals surface area (Å²) < 4.78 is 10.2. The lowest BCUT2D eigenvalue weighted by Crippen LogP contribution is -2.30. The van der Waals surface area contributed by atoms with Crippen molar-refractivity contribution >= 4 is 23.5 Å². The number of anilines is 1. The zero-order valence-electron chi connectivity index (χ0n) is 16.0. The van der Waals surface area contributed by atoms with Gasteiger partial charge in [0, 0.05) is 24.3 Å². The molecule has 1 N–H and O–H groups in total. The van der Waals surface area contributed by atoms with E-state index < -0.39 is 18.5 Å². The third kappa shape index (κ3) is 6.42. The lowest BCUT2D eigenvalue weighted by atomic mass is 10.1. The summed E-state index contributed by atoms with van der Waals surface area (Å²) in [5, 5.41) is 2.61. The maximum absolute atomic E-state index is 12.4. The maximum Gasteiger partial charge on any atom is 0.344 e. The van der Waals surface area contributed by atoms with Gasteiger partial charge in [-0.25, -0.2) is 4.79 Å². The van der Waals surface area contributed by atoms with Crippen molar-refractivity contribution in [3.05, 3.63) is 60.2 Å². The van der Waals surface area contributed by atoms with E-state index in [1.54, 1.807) is 53.4 Å². The van der Waals surface area contributed by atoms with Gasteiger partial charge in [-0.05, 0) is 44.2 Å². The topological polar surface area (TPSA) is 84.9 Å². The summed E-state index contributed by atoms with van der Waals surface area (Å²) in [4.78, 5) is 37.7. The van der Waals surface area contributed by atoms with Crippen molar-refractivity contribution in [2.45, 2.75) is 13.8 Å². The normalized spacial score (nSPS) is 10.1. The highest BCUT2D eigenvalue weighted by Crippen LogP contribution is 2.13. The van der Waals surface area contributed by atoms with Crippen molar-refractivity contribution in [2.24, 2.45) is 0 Å². The molecule has 0 aromatic heterocycles. The standard InChI is InChI=1S/C21H24N2O5/c1-3-23(4-2)21(26)16-9-8-10-17(13-16)22-19(24)14-28-20(25)15-27-18-11-6-5-7-12-18/h5-13H,3-4,14-15H2,1-2H3,(H,22,24). The lowest BCUT2D eigenvalue weighted by molar-refractivity contribution is -0.149. The van der Waals surface area contributed by atoms with Crippen LogP contribution in [0.4, 0.5) is 5.69 Å². The molecule has 2 aromatic carbocycles. The number of para-hydroxylation sites is 1. The molecule has 0 unspecified atom stereocenters. The number of benzene rings is 2. The fourth-order valence-corrected chi connectivity index (χ4v) is 2.47. The molecule has 0 saturated carbocycles. The first-order valence-electron chi connectivity index (χ1n) is 9.06. The van der Waals surface area contributed by atoms with Crippen molar-refractivity contribution < 1.29 is 23.9 Å². The number of rotatable bonds is 9. The van der Waals surface area contributed by atoms with E-state index in [1.807, 2.05) is 19.9 Å². The van der Waals surface area contributed by atoms with E-state index >= 15 is 0 Å². The van der Waals surface area contributed by atoms with E-state index in [9.17, 15) is 14.4 Å². The fourth-order valence-electron chi connectivity index (χ4n) is 2.47. The number of esters is 1. The number of nitrogens with zero attached hydrogens (tertiary/aromatic N) is 1. The van der Waals surface area contributed by atoms with E-state index in [1.165, 1.54) is 0 Å². The second kappa shape index (κ2) is 10.7. The molecular formula is C21H24N2O5. The summed E-state index contributed by atoms with van der Waals surface area (Å²) in [7, 11) is 0. The van der Waals surface area contributed by atoms with Crippen LogP contribution in [0, 0.1) is 0 Å².